The van der Waals surface area contributed by atoms with Crippen LogP contribution in [-0.2, 0) is 11.6 Å². The van der Waals surface area contributed by atoms with E-state index in [-0.39, 0.29) is 29.0 Å². The second kappa shape index (κ2) is 10.0. The fraction of sp³-hybridized carbons (Fsp3) is 0.429. The number of phenols is 1. The van der Waals surface area contributed by atoms with E-state index in [1.165, 1.54) is 11.3 Å². The maximum absolute atomic E-state index is 14.4. The number of anilines is 4. The van der Waals surface area contributed by atoms with Crippen LogP contribution in [0, 0.1) is 5.41 Å². The lowest BCUT2D eigenvalue weighted by Gasteiger charge is -2.42. The summed E-state index contributed by atoms with van der Waals surface area (Å²) in [6.07, 6.45) is -1.95. The maximum Gasteiger partial charge on any atom is 0.416 e. The van der Waals surface area contributed by atoms with Crippen LogP contribution in [0.25, 0.3) is 0 Å². The molecule has 1 saturated heterocycles. The molecule has 1 aromatic heterocycles. The number of para-hydroxylation sites is 2. The number of aromatic nitrogens is 1. The number of halogens is 3. The summed E-state index contributed by atoms with van der Waals surface area (Å²) in [5.41, 5.74) is -0.217. The first-order valence-electron chi connectivity index (χ1n) is 12.9. The van der Waals surface area contributed by atoms with E-state index in [0.29, 0.717) is 42.4 Å². The van der Waals surface area contributed by atoms with E-state index in [0.717, 1.165) is 18.7 Å². The highest BCUT2D eigenvalue weighted by atomic mass is 32.1. The number of aromatic hydroxyl groups is 1. The Morgan fingerprint density at radius 2 is 1.82 bits per heavy atom. The second-order valence-electron chi connectivity index (χ2n) is 11.5. The van der Waals surface area contributed by atoms with Crippen molar-refractivity contribution in [3.8, 4) is 5.75 Å². The summed E-state index contributed by atoms with van der Waals surface area (Å²) in [6, 6.07) is 8.54. The van der Waals surface area contributed by atoms with Crippen molar-refractivity contribution in [2.45, 2.75) is 45.2 Å². The number of carbonyl (C=O) groups excluding carboxylic acids is 1. The van der Waals surface area contributed by atoms with Gasteiger partial charge in [0.25, 0.3) is 0 Å². The van der Waals surface area contributed by atoms with Crippen LogP contribution in [0.1, 0.15) is 44.7 Å². The third-order valence-corrected chi connectivity index (χ3v) is 8.02. The molecule has 0 atom stereocenters. The molecule has 3 N–H and O–H groups in total. The maximum atomic E-state index is 14.4. The summed E-state index contributed by atoms with van der Waals surface area (Å²) in [6.45, 7) is 8.89. The molecule has 3 heterocycles. The van der Waals surface area contributed by atoms with Gasteiger partial charge in [-0.2, -0.15) is 13.2 Å². The van der Waals surface area contributed by atoms with Crippen molar-refractivity contribution in [3.63, 3.8) is 0 Å². The topological polar surface area (TPSA) is 80.7 Å². The number of hydrogen-bond donors (Lipinski definition) is 3. The Kier molecular flexibility index (Phi) is 7.00. The van der Waals surface area contributed by atoms with E-state index in [1.54, 1.807) is 40.7 Å². The van der Waals surface area contributed by atoms with Gasteiger partial charge in [-0.05, 0) is 61.2 Å². The fourth-order valence-electron chi connectivity index (χ4n) is 5.86. The Labute approximate surface area is 229 Å². The number of carbonyl (C=O) groups is 1. The van der Waals surface area contributed by atoms with Gasteiger partial charge in [0.15, 0.2) is 5.13 Å². The molecule has 208 valence electrons. The van der Waals surface area contributed by atoms with E-state index in [4.69, 9.17) is 0 Å². The zero-order valence-electron chi connectivity index (χ0n) is 22.1. The molecule has 7 nitrogen and oxygen atoms in total. The van der Waals surface area contributed by atoms with E-state index < -0.39 is 23.2 Å². The lowest BCUT2D eigenvalue weighted by Crippen LogP contribution is -2.47. The van der Waals surface area contributed by atoms with Crippen LogP contribution in [-0.4, -0.2) is 47.2 Å². The summed E-state index contributed by atoms with van der Waals surface area (Å²) in [4.78, 5) is 20.8. The first kappa shape index (κ1) is 27.3. The molecule has 5 rings (SSSR count). The summed E-state index contributed by atoms with van der Waals surface area (Å²) in [5.74, 6) is -0.214. The molecule has 0 bridgehead atoms. The normalized spacial score (nSPS) is 17.3. The van der Waals surface area contributed by atoms with Gasteiger partial charge in [0.1, 0.15) is 5.75 Å². The lowest BCUT2D eigenvalue weighted by molar-refractivity contribution is -0.138. The van der Waals surface area contributed by atoms with Crippen LogP contribution in [0.5, 0.6) is 5.75 Å². The molecular formula is C28H32F3N5O2S. The minimum atomic E-state index is -4.57. The zero-order valence-corrected chi connectivity index (χ0v) is 22.9. The van der Waals surface area contributed by atoms with E-state index >= 15 is 0 Å². The monoisotopic (exact) mass is 559 g/mol. The van der Waals surface area contributed by atoms with Gasteiger partial charge >= 0.3 is 12.2 Å². The molecule has 1 spiro atoms. The molecule has 1 fully saturated rings. The number of rotatable bonds is 4. The number of likely N-dealkylation sites (tertiary alicyclic amines) is 1. The number of piperidine rings is 1. The molecule has 2 amide bonds. The zero-order chi connectivity index (χ0) is 28.0. The van der Waals surface area contributed by atoms with Gasteiger partial charge in [-0.15, -0.1) is 11.3 Å². The molecule has 39 heavy (non-hydrogen) atoms. The predicted octanol–water partition coefficient (Wildman–Crippen LogP) is 7.04. The number of nitrogens with one attached hydrogen (secondary N) is 2. The minimum absolute atomic E-state index is 0.0728. The number of nitrogens with zero attached hydrogens (tertiary/aromatic N) is 3. The molecule has 0 saturated carbocycles. The molecule has 3 aromatic rings. The van der Waals surface area contributed by atoms with Crippen molar-refractivity contribution in [1.82, 2.24) is 9.88 Å². The lowest BCUT2D eigenvalue weighted by atomic mass is 9.72. The highest BCUT2D eigenvalue weighted by Crippen LogP contribution is 2.57. The molecule has 2 aliphatic heterocycles. The Morgan fingerprint density at radius 1 is 1.10 bits per heavy atom. The van der Waals surface area contributed by atoms with Gasteiger partial charge in [0.2, 0.25) is 0 Å². The van der Waals surface area contributed by atoms with Crippen LogP contribution in [0.3, 0.4) is 0 Å². The van der Waals surface area contributed by atoms with Crippen molar-refractivity contribution >= 4 is 39.6 Å². The van der Waals surface area contributed by atoms with Crippen molar-refractivity contribution in [2.24, 2.45) is 5.41 Å². The van der Waals surface area contributed by atoms with E-state index in [9.17, 15) is 23.1 Å². The Hall–Kier alpha value is -3.31. The first-order chi connectivity index (χ1) is 18.4. The quantitative estimate of drug-likeness (QED) is 0.319. The number of thiazole rings is 1. The van der Waals surface area contributed by atoms with Crippen LogP contribution in [0.15, 0.2) is 48.0 Å². The number of fused-ring (bicyclic) bond motifs is 2. The number of alkyl halides is 3. The summed E-state index contributed by atoms with van der Waals surface area (Å²) in [5, 5.41) is 18.6. The van der Waals surface area contributed by atoms with Crippen molar-refractivity contribution < 1.29 is 23.1 Å². The van der Waals surface area contributed by atoms with E-state index in [1.807, 2.05) is 0 Å². The van der Waals surface area contributed by atoms with Crippen LogP contribution in [0.4, 0.5) is 40.2 Å². The third-order valence-electron chi connectivity index (χ3n) is 7.33. The number of amides is 2. The third kappa shape index (κ3) is 5.56. The van der Waals surface area contributed by atoms with Crippen molar-refractivity contribution in [3.05, 3.63) is 59.1 Å². The van der Waals surface area contributed by atoms with Gasteiger partial charge in [-0.1, -0.05) is 32.9 Å². The largest absolute Gasteiger partial charge is 0.506 e. The average molecular weight is 560 g/mol. The van der Waals surface area contributed by atoms with Crippen molar-refractivity contribution in [2.75, 3.05) is 41.7 Å². The Bertz CT molecular complexity index is 1350. The summed E-state index contributed by atoms with van der Waals surface area (Å²) < 4.78 is 43.2. The van der Waals surface area contributed by atoms with Crippen LogP contribution < -0.4 is 15.5 Å². The van der Waals surface area contributed by atoms with Crippen LogP contribution >= 0.6 is 11.3 Å². The molecule has 11 heteroatoms. The van der Waals surface area contributed by atoms with Gasteiger partial charge in [-0.25, -0.2) is 9.78 Å². The Morgan fingerprint density at radius 3 is 2.46 bits per heavy atom. The fourth-order valence-corrected chi connectivity index (χ4v) is 6.39. The highest BCUT2D eigenvalue weighted by molar-refractivity contribution is 7.13. The molecular weight excluding hydrogens is 527 g/mol. The summed E-state index contributed by atoms with van der Waals surface area (Å²) in [7, 11) is 0. The number of urea groups is 1. The van der Waals surface area contributed by atoms with Crippen LogP contribution in [0.2, 0.25) is 0 Å². The second-order valence-corrected chi connectivity index (χ2v) is 12.4. The first-order valence-corrected chi connectivity index (χ1v) is 13.7. The predicted molar refractivity (Wildman–Crippen MR) is 148 cm³/mol. The van der Waals surface area contributed by atoms with E-state index in [2.05, 4.69) is 41.3 Å². The summed E-state index contributed by atoms with van der Waals surface area (Å²) >= 11 is 1.27. The number of phenolic OH excluding ortho intramolecular Hbond substituents is 1. The number of benzene rings is 2. The van der Waals surface area contributed by atoms with Crippen molar-refractivity contribution in [1.29, 1.82) is 0 Å². The SMILES string of the molecule is CC(C)(C)CN1CCC2(CC1)CN(c1ccccc1NC(=O)Nc1nccs1)c1c(O)ccc(C(F)(F)F)c12. The smallest absolute Gasteiger partial charge is 0.416 e. The Balaban J connectivity index is 1.54. The molecule has 0 unspecified atom stereocenters. The standard InChI is InChI=1S/C28H32F3N5O2S/c1-26(2,3)16-35-13-10-27(11-14-35)17-36(23-21(37)9-8-18(22(23)27)28(29,30)31)20-7-5-4-6-19(20)33-24(38)34-25-32-12-15-39-25/h4-9,12,15,37H,10-11,13-14,16-17H2,1-3H3,(H2,32,33,34,38). The van der Waals surface area contributed by atoms with Gasteiger partial charge in [-0.3, -0.25) is 5.32 Å². The molecule has 2 aliphatic rings. The molecule has 0 radical (unpaired) electrons. The molecule has 2 aromatic carbocycles. The highest BCUT2D eigenvalue weighted by Gasteiger charge is 2.52. The van der Waals surface area contributed by atoms with Gasteiger partial charge < -0.3 is 20.2 Å². The van der Waals surface area contributed by atoms with Gasteiger partial charge in [0.05, 0.1) is 22.6 Å². The number of hydrogen-bond acceptors (Lipinski definition) is 6. The van der Waals surface area contributed by atoms with Gasteiger partial charge in [0, 0.05) is 30.1 Å². The molecule has 0 aliphatic carbocycles. The minimum Gasteiger partial charge on any atom is -0.506 e. The average Bonchev–Trinajstić information content (AvgIpc) is 3.47.